The van der Waals surface area contributed by atoms with Crippen LogP contribution in [-0.2, 0) is 14.8 Å². The number of carbonyl (C=O) groups is 1. The van der Waals surface area contributed by atoms with Crippen molar-refractivity contribution < 1.29 is 13.2 Å². The lowest BCUT2D eigenvalue weighted by molar-refractivity contribution is -0.130. The summed E-state index contributed by atoms with van der Waals surface area (Å²) in [5.41, 5.74) is 1.01. The lowest BCUT2D eigenvalue weighted by atomic mass is 10.2. The number of hydrogen-bond donors (Lipinski definition) is 2. The maximum Gasteiger partial charge on any atom is 0.240 e. The van der Waals surface area contributed by atoms with Gasteiger partial charge < -0.3 is 15.1 Å². The minimum Gasteiger partial charge on any atom is -0.355 e. The number of hydrogen-bond acceptors (Lipinski definition) is 4. The van der Waals surface area contributed by atoms with E-state index in [1.54, 1.807) is 43.1 Å². The molecule has 2 N–H and O–H groups in total. The highest BCUT2D eigenvalue weighted by Crippen LogP contribution is 2.09. The zero-order chi connectivity index (χ0) is 19.2. The molecule has 152 valence electrons. The van der Waals surface area contributed by atoms with Gasteiger partial charge in [0.15, 0.2) is 5.96 Å². The zero-order valence-corrected chi connectivity index (χ0v) is 19.1. The third-order valence-electron chi connectivity index (χ3n) is 4.27. The van der Waals surface area contributed by atoms with Gasteiger partial charge in [0.2, 0.25) is 15.9 Å². The van der Waals surface area contributed by atoms with Gasteiger partial charge in [-0.3, -0.25) is 9.79 Å². The fraction of sp³-hybridized carbons (Fsp3) is 0.529. The molecule has 0 atom stereocenters. The molecule has 0 aliphatic carbocycles. The van der Waals surface area contributed by atoms with Gasteiger partial charge in [0.1, 0.15) is 0 Å². The summed E-state index contributed by atoms with van der Waals surface area (Å²) in [7, 11) is -1.82. The second-order valence-electron chi connectivity index (χ2n) is 6.18. The number of sulfonamides is 1. The zero-order valence-electron chi connectivity index (χ0n) is 15.9. The first-order valence-electron chi connectivity index (χ1n) is 8.61. The van der Waals surface area contributed by atoms with Crippen molar-refractivity contribution in [1.82, 2.24) is 19.8 Å². The van der Waals surface area contributed by atoms with Crippen molar-refractivity contribution in [2.45, 2.75) is 18.7 Å². The molecule has 10 heteroatoms. The van der Waals surface area contributed by atoms with E-state index in [-0.39, 0.29) is 41.3 Å². The molecule has 8 nitrogen and oxygen atoms in total. The minimum atomic E-state index is -3.51. The maximum absolute atomic E-state index is 12.2. The molecule has 0 bridgehead atoms. The number of carbonyl (C=O) groups excluding carboxylic acids is 1. The van der Waals surface area contributed by atoms with E-state index in [0.29, 0.717) is 38.7 Å². The van der Waals surface area contributed by atoms with E-state index >= 15 is 0 Å². The number of rotatable bonds is 5. The first-order chi connectivity index (χ1) is 12.3. The number of guanidine groups is 1. The van der Waals surface area contributed by atoms with Crippen LogP contribution < -0.4 is 10.0 Å². The number of amides is 1. The van der Waals surface area contributed by atoms with E-state index in [0.717, 1.165) is 5.56 Å². The van der Waals surface area contributed by atoms with Gasteiger partial charge in [0.25, 0.3) is 0 Å². The van der Waals surface area contributed by atoms with Gasteiger partial charge in [-0.1, -0.05) is 17.7 Å². The molecule has 1 aromatic carbocycles. The molecule has 1 aliphatic rings. The Kier molecular flexibility index (Phi) is 9.47. The summed E-state index contributed by atoms with van der Waals surface area (Å²) in [5, 5.41) is 3.16. The predicted octanol–water partition coefficient (Wildman–Crippen LogP) is 0.631. The summed E-state index contributed by atoms with van der Waals surface area (Å²) < 4.78 is 27.1. The SMILES string of the molecule is CN=C(NCCNS(=O)(=O)c1ccc(C)cc1)N1CCN(C(C)=O)CC1.I. The third kappa shape index (κ3) is 6.92. The summed E-state index contributed by atoms with van der Waals surface area (Å²) in [6.07, 6.45) is 0. The van der Waals surface area contributed by atoms with Crippen molar-refractivity contribution in [1.29, 1.82) is 0 Å². The highest BCUT2D eigenvalue weighted by atomic mass is 127. The fourth-order valence-electron chi connectivity index (χ4n) is 2.73. The molecule has 0 spiro atoms. The Morgan fingerprint density at radius 2 is 1.63 bits per heavy atom. The van der Waals surface area contributed by atoms with Crippen LogP contribution in [0.15, 0.2) is 34.2 Å². The molecule has 27 heavy (non-hydrogen) atoms. The van der Waals surface area contributed by atoms with Crippen LogP contribution in [0.5, 0.6) is 0 Å². The highest BCUT2D eigenvalue weighted by molar-refractivity contribution is 14.0. The molecule has 0 aromatic heterocycles. The average molecular weight is 509 g/mol. The molecule has 0 saturated carbocycles. The van der Waals surface area contributed by atoms with E-state index in [4.69, 9.17) is 0 Å². The van der Waals surface area contributed by atoms with E-state index in [1.807, 2.05) is 6.92 Å². The summed E-state index contributed by atoms with van der Waals surface area (Å²) in [6, 6.07) is 6.74. The van der Waals surface area contributed by atoms with Crippen LogP contribution in [0, 0.1) is 6.92 Å². The van der Waals surface area contributed by atoms with Crippen LogP contribution in [0.4, 0.5) is 0 Å². The van der Waals surface area contributed by atoms with Crippen LogP contribution in [0.3, 0.4) is 0 Å². The van der Waals surface area contributed by atoms with E-state index in [2.05, 4.69) is 19.9 Å². The Hall–Kier alpha value is -1.40. The number of halogens is 1. The molecule has 1 fully saturated rings. The second-order valence-corrected chi connectivity index (χ2v) is 7.94. The van der Waals surface area contributed by atoms with Crippen molar-refractivity contribution in [2.24, 2.45) is 4.99 Å². The van der Waals surface area contributed by atoms with Gasteiger partial charge in [-0.25, -0.2) is 13.1 Å². The number of nitrogens with zero attached hydrogens (tertiary/aromatic N) is 3. The van der Waals surface area contributed by atoms with Crippen molar-refractivity contribution in [3.05, 3.63) is 29.8 Å². The second kappa shape index (κ2) is 10.8. The topological polar surface area (TPSA) is 94.1 Å². The Morgan fingerprint density at radius 1 is 1.07 bits per heavy atom. The molecule has 0 unspecified atom stereocenters. The van der Waals surface area contributed by atoms with Crippen LogP contribution in [0.25, 0.3) is 0 Å². The predicted molar refractivity (Wildman–Crippen MR) is 117 cm³/mol. The molecular weight excluding hydrogens is 481 g/mol. The van der Waals surface area contributed by atoms with Crippen molar-refractivity contribution in [2.75, 3.05) is 46.3 Å². The van der Waals surface area contributed by atoms with Crippen LogP contribution in [0.2, 0.25) is 0 Å². The summed E-state index contributed by atoms with van der Waals surface area (Å²) >= 11 is 0. The smallest absolute Gasteiger partial charge is 0.240 e. The van der Waals surface area contributed by atoms with Gasteiger partial charge in [0, 0.05) is 53.2 Å². The molecule has 1 heterocycles. The summed E-state index contributed by atoms with van der Waals surface area (Å²) in [5.74, 6) is 0.792. The average Bonchev–Trinajstić information content (AvgIpc) is 2.62. The number of aliphatic imine (C=N–C) groups is 1. The summed E-state index contributed by atoms with van der Waals surface area (Å²) in [6.45, 7) is 6.89. The lowest BCUT2D eigenvalue weighted by Crippen LogP contribution is -2.54. The molecule has 1 aromatic rings. The minimum absolute atomic E-state index is 0. The van der Waals surface area contributed by atoms with Crippen molar-refractivity contribution in [3.8, 4) is 0 Å². The Morgan fingerprint density at radius 3 is 2.15 bits per heavy atom. The quantitative estimate of drug-likeness (QED) is 0.263. The van der Waals surface area contributed by atoms with Crippen LogP contribution >= 0.6 is 24.0 Å². The standard InChI is InChI=1S/C17H27N5O3S.HI/c1-14-4-6-16(7-5-14)26(24,25)20-9-8-19-17(18-3)22-12-10-21(11-13-22)15(2)23;/h4-7,20H,8-13H2,1-3H3,(H,18,19);1H. The van der Waals surface area contributed by atoms with E-state index < -0.39 is 10.0 Å². The van der Waals surface area contributed by atoms with E-state index in [9.17, 15) is 13.2 Å². The highest BCUT2D eigenvalue weighted by Gasteiger charge is 2.20. The normalized spacial score (nSPS) is 15.3. The molecule has 1 aliphatic heterocycles. The first-order valence-corrected chi connectivity index (χ1v) is 10.1. The van der Waals surface area contributed by atoms with Crippen LogP contribution in [-0.4, -0.2) is 76.4 Å². The Bertz CT molecular complexity index is 744. The third-order valence-corrected chi connectivity index (χ3v) is 5.74. The van der Waals surface area contributed by atoms with Crippen molar-refractivity contribution in [3.63, 3.8) is 0 Å². The molecular formula is C17H28IN5O3S. The van der Waals surface area contributed by atoms with Crippen LogP contribution in [0.1, 0.15) is 12.5 Å². The Balaban J connectivity index is 0.00000364. The maximum atomic E-state index is 12.2. The van der Waals surface area contributed by atoms with Gasteiger partial charge in [-0.05, 0) is 19.1 Å². The number of nitrogens with one attached hydrogen (secondary N) is 2. The van der Waals surface area contributed by atoms with Gasteiger partial charge in [-0.15, -0.1) is 24.0 Å². The Labute approximate surface area is 178 Å². The monoisotopic (exact) mass is 509 g/mol. The largest absolute Gasteiger partial charge is 0.355 e. The molecule has 1 saturated heterocycles. The van der Waals surface area contributed by atoms with Gasteiger partial charge in [-0.2, -0.15) is 0 Å². The molecule has 0 radical (unpaired) electrons. The van der Waals surface area contributed by atoms with Gasteiger partial charge in [0.05, 0.1) is 4.90 Å². The van der Waals surface area contributed by atoms with E-state index in [1.165, 1.54) is 0 Å². The van der Waals surface area contributed by atoms with Crippen molar-refractivity contribution >= 4 is 45.9 Å². The molecule has 1 amide bonds. The number of piperazine rings is 1. The van der Waals surface area contributed by atoms with Gasteiger partial charge >= 0.3 is 0 Å². The number of aryl methyl sites for hydroxylation is 1. The fourth-order valence-corrected chi connectivity index (χ4v) is 3.76. The number of benzene rings is 1. The molecule has 2 rings (SSSR count). The first kappa shape index (κ1) is 23.6. The lowest BCUT2D eigenvalue weighted by Gasteiger charge is -2.36. The summed E-state index contributed by atoms with van der Waals surface area (Å²) in [4.78, 5) is 19.7.